The molecule has 0 radical (unpaired) electrons. The maximum absolute atomic E-state index is 6.15. The van der Waals surface area contributed by atoms with Crippen LogP contribution in [-0.4, -0.2) is 10.9 Å². The Kier molecular flexibility index (Phi) is 2.80. The molecule has 80 valence electrons. The van der Waals surface area contributed by atoms with Gasteiger partial charge in [-0.15, -0.1) is 11.8 Å². The number of rotatable bonds is 4. The standard InChI is InChI=1S/C11H20N2S/c1-3-8(2)6-10-13-7-9(14-10)11(12)4-5-11/h7-8,10,13H,3-6,12H2,1-2H3. The largest absolute Gasteiger partial charge is 0.378 e. The predicted molar refractivity (Wildman–Crippen MR) is 62.8 cm³/mol. The van der Waals surface area contributed by atoms with Crippen LogP contribution >= 0.6 is 11.8 Å². The van der Waals surface area contributed by atoms with E-state index in [1.807, 2.05) is 11.8 Å². The summed E-state index contributed by atoms with van der Waals surface area (Å²) in [6.45, 7) is 4.57. The Labute approximate surface area is 90.7 Å². The molecule has 0 bridgehead atoms. The van der Waals surface area contributed by atoms with Gasteiger partial charge in [-0.1, -0.05) is 20.3 Å². The van der Waals surface area contributed by atoms with E-state index in [4.69, 9.17) is 5.73 Å². The molecule has 1 fully saturated rings. The quantitative estimate of drug-likeness (QED) is 0.751. The van der Waals surface area contributed by atoms with Gasteiger partial charge in [0.15, 0.2) is 0 Å². The van der Waals surface area contributed by atoms with Crippen molar-refractivity contribution in [1.29, 1.82) is 0 Å². The van der Waals surface area contributed by atoms with Crippen molar-refractivity contribution in [2.75, 3.05) is 0 Å². The van der Waals surface area contributed by atoms with Crippen LogP contribution < -0.4 is 11.1 Å². The van der Waals surface area contributed by atoms with E-state index >= 15 is 0 Å². The lowest BCUT2D eigenvalue weighted by molar-refractivity contribution is 0.492. The predicted octanol–water partition coefficient (Wildman–Crippen LogP) is 2.42. The molecule has 3 N–H and O–H groups in total. The summed E-state index contributed by atoms with van der Waals surface area (Å²) in [4.78, 5) is 1.38. The Morgan fingerprint density at radius 3 is 3.00 bits per heavy atom. The van der Waals surface area contributed by atoms with Crippen LogP contribution in [0.25, 0.3) is 0 Å². The normalized spacial score (nSPS) is 30.8. The first kappa shape index (κ1) is 10.4. The second-order valence-corrected chi connectivity index (χ2v) is 5.93. The molecule has 0 amide bonds. The molecular formula is C11H20N2S. The minimum Gasteiger partial charge on any atom is -0.378 e. The summed E-state index contributed by atoms with van der Waals surface area (Å²) < 4.78 is 0. The molecule has 2 nitrogen and oxygen atoms in total. The molecule has 0 spiro atoms. The Morgan fingerprint density at radius 2 is 2.43 bits per heavy atom. The maximum atomic E-state index is 6.15. The summed E-state index contributed by atoms with van der Waals surface area (Å²) in [7, 11) is 0. The Balaban J connectivity index is 1.81. The summed E-state index contributed by atoms with van der Waals surface area (Å²) in [5.41, 5.74) is 6.21. The topological polar surface area (TPSA) is 38.0 Å². The van der Waals surface area contributed by atoms with E-state index in [0.29, 0.717) is 5.37 Å². The van der Waals surface area contributed by atoms with Crippen molar-refractivity contribution in [3.63, 3.8) is 0 Å². The van der Waals surface area contributed by atoms with Crippen molar-refractivity contribution in [2.45, 2.75) is 50.4 Å². The molecule has 0 saturated heterocycles. The van der Waals surface area contributed by atoms with Gasteiger partial charge in [-0.3, -0.25) is 0 Å². The van der Waals surface area contributed by atoms with Gasteiger partial charge < -0.3 is 11.1 Å². The van der Waals surface area contributed by atoms with E-state index in [1.165, 1.54) is 30.6 Å². The lowest BCUT2D eigenvalue weighted by Gasteiger charge is -2.16. The Hall–Kier alpha value is -0.150. The van der Waals surface area contributed by atoms with E-state index in [1.54, 1.807) is 0 Å². The van der Waals surface area contributed by atoms with Gasteiger partial charge in [0, 0.05) is 16.6 Å². The zero-order valence-corrected chi connectivity index (χ0v) is 9.86. The molecule has 2 rings (SSSR count). The summed E-state index contributed by atoms with van der Waals surface area (Å²) >= 11 is 1.95. The number of hydrogen-bond acceptors (Lipinski definition) is 3. The highest BCUT2D eigenvalue weighted by molar-refractivity contribution is 8.04. The van der Waals surface area contributed by atoms with E-state index in [-0.39, 0.29) is 5.54 Å². The molecule has 1 saturated carbocycles. The van der Waals surface area contributed by atoms with Crippen molar-refractivity contribution in [3.05, 3.63) is 11.1 Å². The van der Waals surface area contributed by atoms with Gasteiger partial charge in [0.05, 0.1) is 5.37 Å². The maximum Gasteiger partial charge on any atom is 0.0764 e. The fourth-order valence-corrected chi connectivity index (χ4v) is 3.12. The lowest BCUT2D eigenvalue weighted by atomic mass is 10.1. The van der Waals surface area contributed by atoms with E-state index in [0.717, 1.165) is 5.92 Å². The van der Waals surface area contributed by atoms with E-state index in [2.05, 4.69) is 25.4 Å². The van der Waals surface area contributed by atoms with Crippen LogP contribution in [0, 0.1) is 5.92 Å². The van der Waals surface area contributed by atoms with Gasteiger partial charge in [0.2, 0.25) is 0 Å². The van der Waals surface area contributed by atoms with Crippen LogP contribution in [0.4, 0.5) is 0 Å². The second kappa shape index (κ2) is 3.78. The fourth-order valence-electron chi connectivity index (χ4n) is 1.68. The Morgan fingerprint density at radius 1 is 1.71 bits per heavy atom. The first-order valence-corrected chi connectivity index (χ1v) is 6.44. The van der Waals surface area contributed by atoms with Crippen molar-refractivity contribution in [2.24, 2.45) is 11.7 Å². The Bertz CT molecular complexity index is 246. The van der Waals surface area contributed by atoms with Gasteiger partial charge in [0.1, 0.15) is 0 Å². The second-order valence-electron chi connectivity index (χ2n) is 4.69. The van der Waals surface area contributed by atoms with Crippen molar-refractivity contribution >= 4 is 11.8 Å². The van der Waals surface area contributed by atoms with Crippen molar-refractivity contribution in [3.8, 4) is 0 Å². The third kappa shape index (κ3) is 2.09. The minimum atomic E-state index is 0.0574. The minimum absolute atomic E-state index is 0.0574. The molecule has 2 unspecified atom stereocenters. The monoisotopic (exact) mass is 212 g/mol. The highest BCUT2D eigenvalue weighted by atomic mass is 32.2. The molecule has 0 aromatic carbocycles. The van der Waals surface area contributed by atoms with Gasteiger partial charge in [-0.2, -0.15) is 0 Å². The highest BCUT2D eigenvalue weighted by Crippen LogP contribution is 2.48. The molecule has 3 heteroatoms. The number of hydrogen-bond donors (Lipinski definition) is 2. The lowest BCUT2D eigenvalue weighted by Crippen LogP contribution is -2.22. The van der Waals surface area contributed by atoms with Crippen LogP contribution in [0.2, 0.25) is 0 Å². The molecule has 1 aliphatic heterocycles. The molecule has 2 aliphatic rings. The highest BCUT2D eigenvalue weighted by Gasteiger charge is 2.44. The molecule has 0 aromatic rings. The van der Waals surface area contributed by atoms with E-state index in [9.17, 15) is 0 Å². The third-order valence-corrected chi connectivity index (χ3v) is 4.65. The van der Waals surface area contributed by atoms with Gasteiger partial charge in [-0.25, -0.2) is 0 Å². The fraction of sp³-hybridized carbons (Fsp3) is 0.818. The molecule has 0 aromatic heterocycles. The third-order valence-electron chi connectivity index (χ3n) is 3.26. The molecule has 1 aliphatic carbocycles. The van der Waals surface area contributed by atoms with Crippen molar-refractivity contribution < 1.29 is 0 Å². The van der Waals surface area contributed by atoms with Crippen LogP contribution in [0.3, 0.4) is 0 Å². The van der Waals surface area contributed by atoms with Gasteiger partial charge in [-0.05, 0) is 25.2 Å². The molecular weight excluding hydrogens is 192 g/mol. The number of nitrogens with one attached hydrogen (secondary N) is 1. The van der Waals surface area contributed by atoms with Crippen LogP contribution in [0.1, 0.15) is 39.5 Å². The van der Waals surface area contributed by atoms with E-state index < -0.39 is 0 Å². The van der Waals surface area contributed by atoms with Gasteiger partial charge >= 0.3 is 0 Å². The average Bonchev–Trinajstić information content (AvgIpc) is 2.75. The molecule has 2 atom stereocenters. The van der Waals surface area contributed by atoms with Crippen LogP contribution in [0.15, 0.2) is 11.1 Å². The van der Waals surface area contributed by atoms with Crippen LogP contribution in [-0.2, 0) is 0 Å². The van der Waals surface area contributed by atoms with Crippen LogP contribution in [0.5, 0.6) is 0 Å². The zero-order valence-electron chi connectivity index (χ0n) is 9.05. The zero-order chi connectivity index (χ0) is 10.2. The van der Waals surface area contributed by atoms with Crippen molar-refractivity contribution in [1.82, 2.24) is 5.32 Å². The van der Waals surface area contributed by atoms with Gasteiger partial charge in [0.25, 0.3) is 0 Å². The SMILES string of the molecule is CCC(C)CC1NC=C(C2(N)CC2)S1. The molecule has 1 heterocycles. The number of thioether (sulfide) groups is 1. The first-order valence-electron chi connectivity index (χ1n) is 5.56. The summed E-state index contributed by atoms with van der Waals surface area (Å²) in [5, 5.41) is 4.01. The smallest absolute Gasteiger partial charge is 0.0764 e. The number of nitrogens with two attached hydrogens (primary N) is 1. The summed E-state index contributed by atoms with van der Waals surface area (Å²) in [5.74, 6) is 0.806. The summed E-state index contributed by atoms with van der Waals surface area (Å²) in [6.07, 6.45) is 7.00. The summed E-state index contributed by atoms with van der Waals surface area (Å²) in [6, 6.07) is 0. The average molecular weight is 212 g/mol. The first-order chi connectivity index (χ1) is 6.64. The molecule has 14 heavy (non-hydrogen) atoms.